The smallest absolute Gasteiger partial charge is 0.0614 e. The van der Waals surface area contributed by atoms with Crippen molar-refractivity contribution in [2.24, 2.45) is 5.73 Å². The van der Waals surface area contributed by atoms with E-state index in [0.29, 0.717) is 12.1 Å². The number of nitrogens with two attached hydrogens (primary N) is 1. The van der Waals surface area contributed by atoms with Crippen molar-refractivity contribution in [3.8, 4) is 11.1 Å². The van der Waals surface area contributed by atoms with Crippen LogP contribution in [-0.4, -0.2) is 24.0 Å². The molecule has 2 aromatic carbocycles. The maximum Gasteiger partial charge on any atom is 0.0614 e. The fourth-order valence-electron chi connectivity index (χ4n) is 3.70. The highest BCUT2D eigenvalue weighted by atomic mass is 15.2. The molecule has 1 aliphatic carbocycles. The van der Waals surface area contributed by atoms with Crippen LogP contribution in [-0.2, 0) is 0 Å². The third-order valence-corrected chi connectivity index (χ3v) is 4.74. The fraction of sp³-hybridized carbons (Fsp3) is 0.333. The van der Waals surface area contributed by atoms with Crippen LogP contribution in [0.3, 0.4) is 0 Å². The van der Waals surface area contributed by atoms with Gasteiger partial charge in [0.2, 0.25) is 0 Å². The van der Waals surface area contributed by atoms with Crippen LogP contribution in [0.15, 0.2) is 48.5 Å². The molecule has 102 valence electrons. The topological polar surface area (TPSA) is 29.3 Å². The summed E-state index contributed by atoms with van der Waals surface area (Å²) in [5, 5.41) is 0. The first-order chi connectivity index (χ1) is 9.84. The van der Waals surface area contributed by atoms with Gasteiger partial charge in [-0.25, -0.2) is 0 Å². The summed E-state index contributed by atoms with van der Waals surface area (Å²) in [4.78, 5) is 2.61. The molecule has 0 atom stereocenters. The molecule has 2 heteroatoms. The van der Waals surface area contributed by atoms with Crippen LogP contribution in [0.2, 0.25) is 0 Å². The van der Waals surface area contributed by atoms with Crippen molar-refractivity contribution in [3.05, 3.63) is 59.7 Å². The van der Waals surface area contributed by atoms with Gasteiger partial charge < -0.3 is 5.73 Å². The number of rotatable bonds is 1. The molecule has 1 aliphatic heterocycles. The van der Waals surface area contributed by atoms with Gasteiger partial charge >= 0.3 is 0 Å². The van der Waals surface area contributed by atoms with Gasteiger partial charge in [0.25, 0.3) is 0 Å². The molecule has 0 saturated carbocycles. The highest BCUT2D eigenvalue weighted by Crippen LogP contribution is 2.46. The van der Waals surface area contributed by atoms with Gasteiger partial charge in [-0.05, 0) is 35.1 Å². The molecular weight excluding hydrogens is 244 g/mol. The first kappa shape index (κ1) is 12.1. The minimum absolute atomic E-state index is 0.387. The minimum atomic E-state index is 0.387. The molecule has 4 rings (SSSR count). The zero-order valence-corrected chi connectivity index (χ0v) is 11.6. The van der Waals surface area contributed by atoms with Crippen molar-refractivity contribution in [2.75, 3.05) is 13.1 Å². The maximum absolute atomic E-state index is 6.06. The third kappa shape index (κ3) is 1.80. The molecule has 2 aliphatic rings. The molecule has 0 amide bonds. The van der Waals surface area contributed by atoms with E-state index in [1.54, 1.807) is 0 Å². The first-order valence-corrected chi connectivity index (χ1v) is 7.52. The molecule has 0 aromatic heterocycles. The molecule has 0 unspecified atom stereocenters. The molecule has 2 nitrogen and oxygen atoms in total. The lowest BCUT2D eigenvalue weighted by Crippen LogP contribution is -2.41. The van der Waals surface area contributed by atoms with Gasteiger partial charge in [-0.3, -0.25) is 4.90 Å². The lowest BCUT2D eigenvalue weighted by molar-refractivity contribution is 0.177. The van der Waals surface area contributed by atoms with Gasteiger partial charge in [0.1, 0.15) is 0 Å². The van der Waals surface area contributed by atoms with Crippen molar-refractivity contribution in [3.63, 3.8) is 0 Å². The summed E-state index contributed by atoms with van der Waals surface area (Å²) >= 11 is 0. The molecule has 20 heavy (non-hydrogen) atoms. The average molecular weight is 264 g/mol. The Bertz CT molecular complexity index is 581. The normalized spacial score (nSPS) is 19.9. The molecule has 1 saturated heterocycles. The zero-order chi connectivity index (χ0) is 13.5. The zero-order valence-electron chi connectivity index (χ0n) is 11.6. The highest BCUT2D eigenvalue weighted by Gasteiger charge is 2.33. The van der Waals surface area contributed by atoms with Gasteiger partial charge in [-0.2, -0.15) is 0 Å². The van der Waals surface area contributed by atoms with Crippen LogP contribution in [0.25, 0.3) is 11.1 Å². The van der Waals surface area contributed by atoms with Crippen molar-refractivity contribution < 1.29 is 0 Å². The van der Waals surface area contributed by atoms with Gasteiger partial charge in [0.15, 0.2) is 0 Å². The standard InChI is InChI=1S/C18H20N2/c19-13-9-11-20(12-10-13)18-16-7-3-1-5-14(16)15-6-2-4-8-17(15)18/h1-8,13,18H,9-12,19H2. The van der Waals surface area contributed by atoms with Crippen LogP contribution in [0.4, 0.5) is 0 Å². The third-order valence-electron chi connectivity index (χ3n) is 4.74. The summed E-state index contributed by atoms with van der Waals surface area (Å²) in [6.07, 6.45) is 2.22. The Morgan fingerprint density at radius 3 is 1.85 bits per heavy atom. The number of hydrogen-bond donors (Lipinski definition) is 1. The molecule has 0 spiro atoms. The Morgan fingerprint density at radius 1 is 0.800 bits per heavy atom. The lowest BCUT2D eigenvalue weighted by atomic mass is 9.98. The maximum atomic E-state index is 6.06. The van der Waals surface area contributed by atoms with Crippen molar-refractivity contribution >= 4 is 0 Å². The molecule has 2 N–H and O–H groups in total. The van der Waals surface area contributed by atoms with E-state index in [1.807, 2.05) is 0 Å². The second-order valence-corrected chi connectivity index (χ2v) is 5.95. The van der Waals surface area contributed by atoms with E-state index in [4.69, 9.17) is 5.73 Å². The summed E-state index contributed by atoms with van der Waals surface area (Å²) in [5.74, 6) is 0. The van der Waals surface area contributed by atoms with E-state index in [-0.39, 0.29) is 0 Å². The van der Waals surface area contributed by atoms with Crippen molar-refractivity contribution in [1.82, 2.24) is 4.90 Å². The SMILES string of the molecule is NC1CCN(C2c3ccccc3-c3ccccc32)CC1. The number of nitrogens with zero attached hydrogens (tertiary/aromatic N) is 1. The summed E-state index contributed by atoms with van der Waals surface area (Å²) in [5.41, 5.74) is 11.8. The van der Waals surface area contributed by atoms with Crippen LogP contribution >= 0.6 is 0 Å². The van der Waals surface area contributed by atoms with Crippen LogP contribution in [0, 0.1) is 0 Å². The van der Waals surface area contributed by atoms with E-state index in [0.717, 1.165) is 25.9 Å². The second-order valence-electron chi connectivity index (χ2n) is 5.95. The average Bonchev–Trinajstić information content (AvgIpc) is 2.83. The van der Waals surface area contributed by atoms with Gasteiger partial charge in [0, 0.05) is 19.1 Å². The number of piperidine rings is 1. The number of hydrogen-bond acceptors (Lipinski definition) is 2. The molecular formula is C18H20N2. The van der Waals surface area contributed by atoms with Crippen LogP contribution < -0.4 is 5.73 Å². The predicted molar refractivity (Wildman–Crippen MR) is 82.5 cm³/mol. The largest absolute Gasteiger partial charge is 0.328 e. The van der Waals surface area contributed by atoms with Gasteiger partial charge in [-0.1, -0.05) is 48.5 Å². The Morgan fingerprint density at radius 2 is 1.30 bits per heavy atom. The Hall–Kier alpha value is -1.64. The first-order valence-electron chi connectivity index (χ1n) is 7.52. The number of benzene rings is 2. The summed E-state index contributed by atoms with van der Waals surface area (Å²) in [6, 6.07) is 18.5. The molecule has 1 fully saturated rings. The lowest BCUT2D eigenvalue weighted by Gasteiger charge is -2.35. The van der Waals surface area contributed by atoms with Gasteiger partial charge in [-0.15, -0.1) is 0 Å². The predicted octanol–water partition coefficient (Wildman–Crippen LogP) is 3.18. The number of fused-ring (bicyclic) bond motifs is 3. The molecule has 2 aromatic rings. The Kier molecular flexibility index (Phi) is 2.86. The summed E-state index contributed by atoms with van der Waals surface area (Å²) < 4.78 is 0. The summed E-state index contributed by atoms with van der Waals surface area (Å²) in [7, 11) is 0. The molecule has 1 heterocycles. The number of likely N-dealkylation sites (tertiary alicyclic amines) is 1. The molecule has 0 bridgehead atoms. The van der Waals surface area contributed by atoms with Crippen LogP contribution in [0.5, 0.6) is 0 Å². The van der Waals surface area contributed by atoms with Crippen molar-refractivity contribution in [2.45, 2.75) is 24.9 Å². The van der Waals surface area contributed by atoms with Crippen LogP contribution in [0.1, 0.15) is 30.0 Å². The van der Waals surface area contributed by atoms with E-state index in [1.165, 1.54) is 22.3 Å². The van der Waals surface area contributed by atoms with E-state index < -0.39 is 0 Å². The Balaban J connectivity index is 1.79. The van der Waals surface area contributed by atoms with Gasteiger partial charge in [0.05, 0.1) is 6.04 Å². The van der Waals surface area contributed by atoms with E-state index >= 15 is 0 Å². The molecule has 0 radical (unpaired) electrons. The monoisotopic (exact) mass is 264 g/mol. The highest BCUT2D eigenvalue weighted by molar-refractivity contribution is 5.78. The van der Waals surface area contributed by atoms with E-state index in [9.17, 15) is 0 Å². The fourth-order valence-corrected chi connectivity index (χ4v) is 3.70. The minimum Gasteiger partial charge on any atom is -0.328 e. The quantitative estimate of drug-likeness (QED) is 0.857. The summed E-state index contributed by atoms with van der Waals surface area (Å²) in [6.45, 7) is 2.21. The van der Waals surface area contributed by atoms with E-state index in [2.05, 4.69) is 53.4 Å². The second kappa shape index (κ2) is 4.72. The van der Waals surface area contributed by atoms with Crippen molar-refractivity contribution in [1.29, 1.82) is 0 Å². The Labute approximate surface area is 120 Å².